The molecular formula is C30H23Cl2NO6S. The summed E-state index contributed by atoms with van der Waals surface area (Å²) in [5, 5.41) is 13.5. The molecule has 1 fully saturated rings. The van der Waals surface area contributed by atoms with Crippen molar-refractivity contribution in [3.05, 3.63) is 104 Å². The van der Waals surface area contributed by atoms with Crippen LogP contribution in [-0.2, 0) is 9.59 Å². The maximum absolute atomic E-state index is 13.5. The van der Waals surface area contributed by atoms with Crippen LogP contribution in [0.5, 0.6) is 23.0 Å². The zero-order valence-corrected chi connectivity index (χ0v) is 23.9. The number of amides is 1. The Hall–Kier alpha value is -3.98. The molecule has 204 valence electrons. The van der Waals surface area contributed by atoms with Crippen molar-refractivity contribution < 1.29 is 28.9 Å². The van der Waals surface area contributed by atoms with E-state index in [0.717, 1.165) is 5.56 Å². The molecule has 0 saturated carbocycles. The molecule has 0 radical (unpaired) electrons. The van der Waals surface area contributed by atoms with Crippen molar-refractivity contribution in [2.45, 2.75) is 13.0 Å². The van der Waals surface area contributed by atoms with E-state index in [-0.39, 0.29) is 32.7 Å². The first kappa shape index (κ1) is 27.6. The van der Waals surface area contributed by atoms with E-state index >= 15 is 0 Å². The Labute approximate surface area is 244 Å². The van der Waals surface area contributed by atoms with Gasteiger partial charge in [-0.25, -0.2) is 0 Å². The summed E-state index contributed by atoms with van der Waals surface area (Å²) in [6, 6.07) is 18.5. The molecule has 1 saturated heterocycles. The highest BCUT2D eigenvalue weighted by atomic mass is 35.5. The molecule has 40 heavy (non-hydrogen) atoms. The minimum Gasteiger partial charge on any atom is -0.507 e. The molecular weight excluding hydrogens is 573 g/mol. The number of aryl methyl sites for hydroxylation is 1. The van der Waals surface area contributed by atoms with Crippen LogP contribution in [0.4, 0.5) is 5.69 Å². The Morgan fingerprint density at radius 3 is 2.27 bits per heavy atom. The number of benzene rings is 3. The highest BCUT2D eigenvalue weighted by Gasteiger charge is 2.47. The van der Waals surface area contributed by atoms with E-state index < -0.39 is 23.5 Å². The van der Waals surface area contributed by atoms with Gasteiger partial charge in [-0.05, 0) is 66.4 Å². The zero-order chi connectivity index (χ0) is 28.6. The minimum atomic E-state index is -0.909. The molecule has 7 nitrogen and oxygen atoms in total. The van der Waals surface area contributed by atoms with Crippen LogP contribution in [0, 0.1) is 6.92 Å². The monoisotopic (exact) mass is 595 g/mol. The van der Waals surface area contributed by atoms with E-state index in [4.69, 9.17) is 37.4 Å². The first-order valence-corrected chi connectivity index (χ1v) is 13.7. The van der Waals surface area contributed by atoms with Crippen LogP contribution in [-0.4, -0.2) is 31.0 Å². The Balaban J connectivity index is 1.60. The topological polar surface area (TPSA) is 85.3 Å². The van der Waals surface area contributed by atoms with Crippen LogP contribution in [0.3, 0.4) is 0 Å². The molecule has 5 rings (SSSR count). The van der Waals surface area contributed by atoms with Crippen molar-refractivity contribution in [1.82, 2.24) is 0 Å². The molecule has 1 unspecified atom stereocenters. The minimum absolute atomic E-state index is 0.0187. The van der Waals surface area contributed by atoms with Gasteiger partial charge in [-0.3, -0.25) is 14.5 Å². The number of hydrogen-bond donors (Lipinski definition) is 1. The van der Waals surface area contributed by atoms with Gasteiger partial charge in [0.2, 0.25) is 0 Å². The number of hydrogen-bond acceptors (Lipinski definition) is 7. The fourth-order valence-electron chi connectivity index (χ4n) is 4.60. The van der Waals surface area contributed by atoms with Crippen LogP contribution >= 0.6 is 34.5 Å². The van der Waals surface area contributed by atoms with Gasteiger partial charge in [0.1, 0.15) is 28.3 Å². The molecule has 1 atom stereocenters. The third kappa shape index (κ3) is 4.90. The molecule has 0 spiro atoms. The van der Waals surface area contributed by atoms with Crippen molar-refractivity contribution >= 4 is 57.7 Å². The summed E-state index contributed by atoms with van der Waals surface area (Å²) >= 11 is 14.1. The number of anilines is 1. The average Bonchev–Trinajstić information content (AvgIpc) is 3.55. The largest absolute Gasteiger partial charge is 0.507 e. The average molecular weight is 596 g/mol. The van der Waals surface area contributed by atoms with E-state index in [0.29, 0.717) is 22.1 Å². The number of rotatable bonds is 7. The summed E-state index contributed by atoms with van der Waals surface area (Å²) in [7, 11) is 2.76. The predicted molar refractivity (Wildman–Crippen MR) is 156 cm³/mol. The first-order chi connectivity index (χ1) is 19.2. The number of Topliss-reactive ketones (excluding diaryl/α,β-unsaturated/α-hetero) is 1. The number of ether oxygens (including phenoxy) is 3. The molecule has 1 N–H and O–H groups in total. The molecule has 4 aromatic rings. The lowest BCUT2D eigenvalue weighted by Gasteiger charge is -2.24. The van der Waals surface area contributed by atoms with Crippen LogP contribution in [0.25, 0.3) is 5.76 Å². The summed E-state index contributed by atoms with van der Waals surface area (Å²) in [6.07, 6.45) is 0. The van der Waals surface area contributed by atoms with E-state index in [1.807, 2.05) is 36.6 Å². The lowest BCUT2D eigenvalue weighted by molar-refractivity contribution is -0.132. The van der Waals surface area contributed by atoms with E-state index in [1.54, 1.807) is 36.4 Å². The van der Waals surface area contributed by atoms with Gasteiger partial charge >= 0.3 is 0 Å². The fourth-order valence-corrected chi connectivity index (χ4v) is 6.11. The van der Waals surface area contributed by atoms with Crippen molar-refractivity contribution in [3.63, 3.8) is 0 Å². The SMILES string of the molecule is COc1c(Cl)cc(/C(O)=C2/C(=O)C(=O)N(c3ccc(Oc4cccc(C)c4)cc3)C2c2cccs2)c(OC)c1Cl. The summed E-state index contributed by atoms with van der Waals surface area (Å²) in [5.74, 6) is -0.683. The Bertz CT molecular complexity index is 1630. The number of nitrogens with zero attached hydrogens (tertiary/aromatic N) is 1. The van der Waals surface area contributed by atoms with Crippen LogP contribution in [0.1, 0.15) is 22.0 Å². The summed E-state index contributed by atoms with van der Waals surface area (Å²) in [6.45, 7) is 1.97. The molecule has 1 aromatic heterocycles. The van der Waals surface area contributed by atoms with Gasteiger partial charge in [-0.2, -0.15) is 0 Å². The molecule has 10 heteroatoms. The highest BCUT2D eigenvalue weighted by Crippen LogP contribution is 2.48. The lowest BCUT2D eigenvalue weighted by atomic mass is 9.99. The van der Waals surface area contributed by atoms with Gasteiger partial charge in [0, 0.05) is 10.6 Å². The van der Waals surface area contributed by atoms with Gasteiger partial charge in [-0.1, -0.05) is 41.4 Å². The normalized spacial score (nSPS) is 16.3. The number of methoxy groups -OCH3 is 2. The number of carbonyl (C=O) groups is 2. The summed E-state index contributed by atoms with van der Waals surface area (Å²) < 4.78 is 16.6. The highest BCUT2D eigenvalue weighted by molar-refractivity contribution is 7.10. The first-order valence-electron chi connectivity index (χ1n) is 12.0. The Kier molecular flexibility index (Phi) is 7.76. The number of aliphatic hydroxyl groups is 1. The Morgan fingerprint density at radius 1 is 0.925 bits per heavy atom. The number of carbonyl (C=O) groups excluding carboxylic acids is 2. The van der Waals surface area contributed by atoms with E-state index in [1.165, 1.54) is 36.5 Å². The second kappa shape index (κ2) is 11.3. The van der Waals surface area contributed by atoms with Gasteiger partial charge in [0.15, 0.2) is 11.5 Å². The molecule has 1 amide bonds. The molecule has 3 aromatic carbocycles. The van der Waals surface area contributed by atoms with Crippen molar-refractivity contribution in [1.29, 1.82) is 0 Å². The van der Waals surface area contributed by atoms with E-state index in [2.05, 4.69) is 0 Å². The van der Waals surface area contributed by atoms with Crippen molar-refractivity contribution in [3.8, 4) is 23.0 Å². The maximum Gasteiger partial charge on any atom is 0.300 e. The maximum atomic E-state index is 13.5. The predicted octanol–water partition coefficient (Wildman–Crippen LogP) is 7.80. The third-order valence-corrected chi connectivity index (χ3v) is 7.94. The number of aliphatic hydroxyl groups excluding tert-OH is 1. The van der Waals surface area contributed by atoms with Crippen LogP contribution < -0.4 is 19.1 Å². The lowest BCUT2D eigenvalue weighted by Crippen LogP contribution is -2.29. The Morgan fingerprint density at radius 2 is 1.65 bits per heavy atom. The van der Waals surface area contributed by atoms with Gasteiger partial charge in [0.05, 0.1) is 30.4 Å². The van der Waals surface area contributed by atoms with Crippen molar-refractivity contribution in [2.75, 3.05) is 19.1 Å². The number of ketones is 1. The second-order valence-electron chi connectivity index (χ2n) is 8.88. The van der Waals surface area contributed by atoms with Gasteiger partial charge < -0.3 is 19.3 Å². The molecule has 0 aliphatic carbocycles. The smallest absolute Gasteiger partial charge is 0.300 e. The number of halogens is 2. The molecule has 1 aliphatic heterocycles. The third-order valence-electron chi connectivity index (χ3n) is 6.39. The molecule has 2 heterocycles. The fraction of sp³-hybridized carbons (Fsp3) is 0.133. The molecule has 0 bridgehead atoms. The van der Waals surface area contributed by atoms with E-state index in [9.17, 15) is 14.7 Å². The molecule has 1 aliphatic rings. The standard InChI is InChI=1S/C30H23Cl2NO6S/c1-16-6-4-7-19(14-16)39-18-11-9-17(10-12-18)33-25(22-8-5-13-40-22)23(27(35)30(33)36)26(34)20-15-21(31)29(38-3)24(32)28(20)37-2/h4-15,25,34H,1-3H3/b26-23-. The quantitative estimate of drug-likeness (QED) is 0.133. The second-order valence-corrected chi connectivity index (χ2v) is 10.6. The van der Waals surface area contributed by atoms with Gasteiger partial charge in [0.25, 0.3) is 11.7 Å². The zero-order valence-electron chi connectivity index (χ0n) is 21.6. The number of thiophene rings is 1. The van der Waals surface area contributed by atoms with Gasteiger partial charge in [-0.15, -0.1) is 11.3 Å². The van der Waals surface area contributed by atoms with Crippen LogP contribution in [0.15, 0.2) is 77.7 Å². The van der Waals surface area contributed by atoms with Crippen molar-refractivity contribution in [2.24, 2.45) is 0 Å². The van der Waals surface area contributed by atoms with Crippen LogP contribution in [0.2, 0.25) is 10.0 Å². The summed E-state index contributed by atoms with van der Waals surface area (Å²) in [5.41, 5.74) is 1.45. The summed E-state index contributed by atoms with van der Waals surface area (Å²) in [4.78, 5) is 29.0.